The summed E-state index contributed by atoms with van der Waals surface area (Å²) in [7, 11) is 1.64. The number of aryl methyl sites for hydroxylation is 1. The summed E-state index contributed by atoms with van der Waals surface area (Å²) in [6.45, 7) is 0. The standard InChI is InChI=1S/C11H9F2N3O/c1-16-6-14-5-10(16)11(17)15-9-3-2-7(12)4-8(9)13/h2-6H,1H3,(H,15,17). The lowest BCUT2D eigenvalue weighted by molar-refractivity contribution is 0.101. The van der Waals surface area contributed by atoms with Gasteiger partial charge in [0.05, 0.1) is 18.2 Å². The minimum Gasteiger partial charge on any atom is -0.330 e. The molecular formula is C11H9F2N3O. The third-order valence-corrected chi connectivity index (χ3v) is 2.23. The molecule has 17 heavy (non-hydrogen) atoms. The molecule has 2 rings (SSSR count). The zero-order valence-corrected chi connectivity index (χ0v) is 8.95. The van der Waals surface area contributed by atoms with Crippen molar-refractivity contribution in [3.63, 3.8) is 0 Å². The average Bonchev–Trinajstić information content (AvgIpc) is 2.68. The second-order valence-electron chi connectivity index (χ2n) is 3.47. The van der Waals surface area contributed by atoms with E-state index in [9.17, 15) is 13.6 Å². The van der Waals surface area contributed by atoms with Crippen molar-refractivity contribution in [3.8, 4) is 0 Å². The number of amides is 1. The number of nitrogens with zero attached hydrogens (tertiary/aromatic N) is 2. The average molecular weight is 237 g/mol. The molecule has 4 nitrogen and oxygen atoms in total. The molecule has 0 saturated carbocycles. The topological polar surface area (TPSA) is 46.9 Å². The number of nitrogens with one attached hydrogen (secondary N) is 1. The number of halogens is 2. The molecule has 2 aromatic rings. The van der Waals surface area contributed by atoms with Crippen LogP contribution >= 0.6 is 0 Å². The predicted octanol–water partition coefficient (Wildman–Crippen LogP) is 1.95. The van der Waals surface area contributed by atoms with E-state index in [-0.39, 0.29) is 11.4 Å². The Balaban J connectivity index is 2.22. The first-order valence-electron chi connectivity index (χ1n) is 4.80. The van der Waals surface area contributed by atoms with Crippen LogP contribution in [-0.2, 0) is 7.05 Å². The highest BCUT2D eigenvalue weighted by Gasteiger charge is 2.12. The van der Waals surface area contributed by atoms with Gasteiger partial charge in [-0.2, -0.15) is 0 Å². The lowest BCUT2D eigenvalue weighted by Gasteiger charge is -2.06. The molecular weight excluding hydrogens is 228 g/mol. The van der Waals surface area contributed by atoms with E-state index < -0.39 is 17.5 Å². The van der Waals surface area contributed by atoms with Gasteiger partial charge in [-0.1, -0.05) is 0 Å². The Hall–Kier alpha value is -2.24. The van der Waals surface area contributed by atoms with Crippen LogP contribution in [0.2, 0.25) is 0 Å². The number of hydrogen-bond donors (Lipinski definition) is 1. The van der Waals surface area contributed by atoms with E-state index in [0.29, 0.717) is 6.07 Å². The maximum atomic E-state index is 13.3. The predicted molar refractivity (Wildman–Crippen MR) is 57.5 cm³/mol. The highest BCUT2D eigenvalue weighted by Crippen LogP contribution is 2.15. The number of carbonyl (C=O) groups is 1. The second-order valence-corrected chi connectivity index (χ2v) is 3.47. The van der Waals surface area contributed by atoms with Gasteiger partial charge in [-0.15, -0.1) is 0 Å². The van der Waals surface area contributed by atoms with Crippen molar-refractivity contribution in [3.05, 3.63) is 48.1 Å². The minimum atomic E-state index is -0.819. The summed E-state index contributed by atoms with van der Waals surface area (Å²) in [5.41, 5.74) is 0.214. The number of aromatic nitrogens is 2. The fourth-order valence-electron chi connectivity index (χ4n) is 1.35. The molecule has 0 aliphatic carbocycles. The molecule has 88 valence electrons. The quantitative estimate of drug-likeness (QED) is 0.867. The van der Waals surface area contributed by atoms with E-state index in [1.165, 1.54) is 23.2 Å². The largest absolute Gasteiger partial charge is 0.330 e. The van der Waals surface area contributed by atoms with E-state index in [4.69, 9.17) is 0 Å². The van der Waals surface area contributed by atoms with Crippen LogP contribution in [0.3, 0.4) is 0 Å². The molecule has 1 amide bonds. The fraction of sp³-hybridized carbons (Fsp3) is 0.0909. The second kappa shape index (κ2) is 4.32. The van der Waals surface area contributed by atoms with E-state index in [1.54, 1.807) is 7.05 Å². The zero-order valence-electron chi connectivity index (χ0n) is 8.95. The molecule has 1 aromatic heterocycles. The van der Waals surface area contributed by atoms with Crippen molar-refractivity contribution >= 4 is 11.6 Å². The van der Waals surface area contributed by atoms with Crippen LogP contribution in [0.25, 0.3) is 0 Å². The van der Waals surface area contributed by atoms with Gasteiger partial charge in [0, 0.05) is 13.1 Å². The molecule has 1 heterocycles. The molecule has 0 atom stereocenters. The van der Waals surface area contributed by atoms with Crippen LogP contribution in [0.4, 0.5) is 14.5 Å². The summed E-state index contributed by atoms with van der Waals surface area (Å²) in [4.78, 5) is 15.5. The maximum Gasteiger partial charge on any atom is 0.274 e. The first-order chi connectivity index (χ1) is 8.08. The number of carbonyl (C=O) groups excluding carboxylic acids is 1. The number of hydrogen-bond acceptors (Lipinski definition) is 2. The molecule has 0 bridgehead atoms. The maximum absolute atomic E-state index is 13.3. The van der Waals surface area contributed by atoms with Crippen molar-refractivity contribution in [2.45, 2.75) is 0 Å². The van der Waals surface area contributed by atoms with Gasteiger partial charge in [-0.3, -0.25) is 4.79 Å². The van der Waals surface area contributed by atoms with Gasteiger partial charge >= 0.3 is 0 Å². The molecule has 0 spiro atoms. The van der Waals surface area contributed by atoms with E-state index in [1.807, 2.05) is 0 Å². The van der Waals surface area contributed by atoms with Gasteiger partial charge in [0.25, 0.3) is 5.91 Å². The smallest absolute Gasteiger partial charge is 0.274 e. The summed E-state index contributed by atoms with van der Waals surface area (Å²) in [6.07, 6.45) is 2.81. The van der Waals surface area contributed by atoms with Crippen LogP contribution in [0, 0.1) is 11.6 Å². The molecule has 0 unspecified atom stereocenters. The number of imidazole rings is 1. The van der Waals surface area contributed by atoms with Crippen molar-refractivity contribution in [1.82, 2.24) is 9.55 Å². The van der Waals surface area contributed by atoms with Crippen molar-refractivity contribution in [2.75, 3.05) is 5.32 Å². The normalized spacial score (nSPS) is 10.3. The Bertz CT molecular complexity index is 566. The van der Waals surface area contributed by atoms with Crippen molar-refractivity contribution < 1.29 is 13.6 Å². The minimum absolute atomic E-state index is 0.0717. The Morgan fingerprint density at radius 2 is 2.18 bits per heavy atom. The van der Waals surface area contributed by atoms with Crippen LogP contribution in [0.1, 0.15) is 10.5 Å². The van der Waals surface area contributed by atoms with Gasteiger partial charge in [0.15, 0.2) is 0 Å². The van der Waals surface area contributed by atoms with Crippen LogP contribution in [-0.4, -0.2) is 15.5 Å². The lowest BCUT2D eigenvalue weighted by atomic mass is 10.3. The number of rotatable bonds is 2. The van der Waals surface area contributed by atoms with E-state index in [0.717, 1.165) is 6.07 Å². The zero-order chi connectivity index (χ0) is 12.4. The fourth-order valence-corrected chi connectivity index (χ4v) is 1.35. The molecule has 1 N–H and O–H groups in total. The van der Waals surface area contributed by atoms with Crippen molar-refractivity contribution in [2.24, 2.45) is 7.05 Å². The Morgan fingerprint density at radius 3 is 2.76 bits per heavy atom. The number of anilines is 1. The summed E-state index contributed by atoms with van der Waals surface area (Å²) in [5.74, 6) is -2.02. The molecule has 0 fully saturated rings. The Labute approximate surface area is 95.9 Å². The Morgan fingerprint density at radius 1 is 1.41 bits per heavy atom. The molecule has 0 saturated heterocycles. The highest BCUT2D eigenvalue weighted by molar-refractivity contribution is 6.02. The van der Waals surface area contributed by atoms with Crippen molar-refractivity contribution in [1.29, 1.82) is 0 Å². The lowest BCUT2D eigenvalue weighted by Crippen LogP contribution is -2.16. The summed E-state index contributed by atoms with van der Waals surface area (Å²) >= 11 is 0. The monoisotopic (exact) mass is 237 g/mol. The van der Waals surface area contributed by atoms with Gasteiger partial charge < -0.3 is 9.88 Å². The van der Waals surface area contributed by atoms with Gasteiger partial charge in [0.2, 0.25) is 0 Å². The first-order valence-corrected chi connectivity index (χ1v) is 4.80. The summed E-state index contributed by atoms with van der Waals surface area (Å²) in [5, 5.41) is 2.34. The van der Waals surface area contributed by atoms with Crippen LogP contribution < -0.4 is 5.32 Å². The molecule has 0 aliphatic rings. The van der Waals surface area contributed by atoms with E-state index >= 15 is 0 Å². The summed E-state index contributed by atoms with van der Waals surface area (Å²) in [6, 6.07) is 2.94. The Kier molecular flexibility index (Phi) is 2.86. The van der Waals surface area contributed by atoms with Crippen LogP contribution in [0.5, 0.6) is 0 Å². The van der Waals surface area contributed by atoms with Gasteiger partial charge in [-0.25, -0.2) is 13.8 Å². The third kappa shape index (κ3) is 2.30. The molecule has 0 radical (unpaired) electrons. The molecule has 6 heteroatoms. The van der Waals surface area contributed by atoms with Gasteiger partial charge in [-0.05, 0) is 12.1 Å². The summed E-state index contributed by atoms with van der Waals surface area (Å²) < 4.78 is 27.4. The molecule has 1 aromatic carbocycles. The highest BCUT2D eigenvalue weighted by atomic mass is 19.1. The van der Waals surface area contributed by atoms with Crippen LogP contribution in [0.15, 0.2) is 30.7 Å². The SMILES string of the molecule is Cn1cncc1C(=O)Nc1ccc(F)cc1F. The third-order valence-electron chi connectivity index (χ3n) is 2.23. The first kappa shape index (κ1) is 11.3. The van der Waals surface area contributed by atoms with E-state index in [2.05, 4.69) is 10.3 Å². The number of benzene rings is 1. The molecule has 0 aliphatic heterocycles. The van der Waals surface area contributed by atoms with Gasteiger partial charge in [0.1, 0.15) is 17.3 Å².